The van der Waals surface area contributed by atoms with Gasteiger partial charge in [0.25, 0.3) is 11.8 Å². The molecule has 0 aliphatic rings. The summed E-state index contributed by atoms with van der Waals surface area (Å²) in [5.74, 6) is -0.456. The van der Waals surface area contributed by atoms with Crippen molar-refractivity contribution in [3.63, 3.8) is 0 Å². The van der Waals surface area contributed by atoms with Gasteiger partial charge in [0.05, 0.1) is 11.4 Å². The van der Waals surface area contributed by atoms with Crippen molar-refractivity contribution in [3.05, 3.63) is 120 Å². The summed E-state index contributed by atoms with van der Waals surface area (Å²) in [5, 5.41) is 9.67. The number of amides is 2. The molecular weight excluding hydrogens is 396 g/mol. The average Bonchev–Trinajstić information content (AvgIpc) is 2.84. The van der Waals surface area contributed by atoms with Crippen molar-refractivity contribution < 1.29 is 9.59 Å². The molecule has 4 heteroatoms. The number of anilines is 2. The molecule has 2 amide bonds. The van der Waals surface area contributed by atoms with Gasteiger partial charge >= 0.3 is 0 Å². The molecular formula is C28H20N2O2. The normalized spacial score (nSPS) is 10.8. The molecule has 0 aliphatic heterocycles. The second kappa shape index (κ2) is 8.36. The van der Waals surface area contributed by atoms with E-state index in [2.05, 4.69) is 10.6 Å². The first-order valence-corrected chi connectivity index (χ1v) is 10.4. The summed E-state index contributed by atoms with van der Waals surface area (Å²) in [6.45, 7) is 0. The third-order valence-electron chi connectivity index (χ3n) is 5.49. The second-order valence-electron chi connectivity index (χ2n) is 7.51. The van der Waals surface area contributed by atoms with Crippen LogP contribution in [0.1, 0.15) is 20.7 Å². The molecule has 154 valence electrons. The Morgan fingerprint density at radius 3 is 1.28 bits per heavy atom. The highest BCUT2D eigenvalue weighted by Gasteiger charge is 2.15. The first-order chi connectivity index (χ1) is 15.7. The van der Waals surface area contributed by atoms with Crippen LogP contribution in [0.4, 0.5) is 11.4 Å². The lowest BCUT2D eigenvalue weighted by Gasteiger charge is -2.14. The highest BCUT2D eigenvalue weighted by molar-refractivity contribution is 6.16. The number of hydrogen-bond donors (Lipinski definition) is 2. The minimum absolute atomic E-state index is 0.228. The summed E-state index contributed by atoms with van der Waals surface area (Å²) >= 11 is 0. The molecule has 0 unspecified atom stereocenters. The minimum atomic E-state index is -0.228. The fourth-order valence-electron chi connectivity index (χ4n) is 3.93. The largest absolute Gasteiger partial charge is 0.320 e. The molecule has 5 aromatic rings. The van der Waals surface area contributed by atoms with E-state index in [1.54, 1.807) is 24.3 Å². The topological polar surface area (TPSA) is 58.2 Å². The number of rotatable bonds is 4. The van der Waals surface area contributed by atoms with Gasteiger partial charge in [-0.15, -0.1) is 0 Å². The number of para-hydroxylation sites is 2. The molecule has 5 rings (SSSR count). The van der Waals surface area contributed by atoms with Gasteiger partial charge in [0.1, 0.15) is 0 Å². The predicted octanol–water partition coefficient (Wildman–Crippen LogP) is 6.50. The molecule has 2 N–H and O–H groups in total. The summed E-state index contributed by atoms with van der Waals surface area (Å²) < 4.78 is 0. The fourth-order valence-corrected chi connectivity index (χ4v) is 3.93. The van der Waals surface area contributed by atoms with Crippen LogP contribution in [0, 0.1) is 0 Å². The lowest BCUT2D eigenvalue weighted by atomic mass is 10.0. The van der Waals surface area contributed by atoms with Crippen molar-refractivity contribution in [2.75, 3.05) is 10.6 Å². The minimum Gasteiger partial charge on any atom is -0.320 e. The van der Waals surface area contributed by atoms with Crippen LogP contribution in [0.5, 0.6) is 0 Å². The lowest BCUT2D eigenvalue weighted by molar-refractivity contribution is 0.101. The number of nitrogens with one attached hydrogen (secondary N) is 2. The van der Waals surface area contributed by atoms with Crippen molar-refractivity contribution in [1.29, 1.82) is 0 Å². The molecule has 0 saturated heterocycles. The summed E-state index contributed by atoms with van der Waals surface area (Å²) in [4.78, 5) is 26.2. The first-order valence-electron chi connectivity index (χ1n) is 10.4. The van der Waals surface area contributed by atoms with E-state index in [1.165, 1.54) is 0 Å². The van der Waals surface area contributed by atoms with Crippen LogP contribution in [0.25, 0.3) is 21.5 Å². The maximum atomic E-state index is 13.1. The van der Waals surface area contributed by atoms with E-state index in [0.717, 1.165) is 21.5 Å². The summed E-state index contributed by atoms with van der Waals surface area (Å²) in [7, 11) is 0. The summed E-state index contributed by atoms with van der Waals surface area (Å²) in [6.07, 6.45) is 0. The van der Waals surface area contributed by atoms with Gasteiger partial charge in [-0.25, -0.2) is 0 Å². The van der Waals surface area contributed by atoms with Crippen LogP contribution in [-0.4, -0.2) is 11.8 Å². The Hall–Kier alpha value is -4.44. The molecule has 0 aliphatic carbocycles. The molecule has 0 bridgehead atoms. The third kappa shape index (κ3) is 3.70. The zero-order valence-electron chi connectivity index (χ0n) is 17.2. The Kier molecular flexibility index (Phi) is 5.10. The molecule has 0 fully saturated rings. The van der Waals surface area contributed by atoms with Gasteiger partial charge in [-0.3, -0.25) is 9.59 Å². The second-order valence-corrected chi connectivity index (χ2v) is 7.51. The maximum absolute atomic E-state index is 13.1. The molecule has 0 atom stereocenters. The zero-order valence-corrected chi connectivity index (χ0v) is 17.2. The average molecular weight is 416 g/mol. The van der Waals surface area contributed by atoms with Crippen LogP contribution < -0.4 is 10.6 Å². The number of hydrogen-bond acceptors (Lipinski definition) is 2. The van der Waals surface area contributed by atoms with E-state index in [9.17, 15) is 9.59 Å². The molecule has 32 heavy (non-hydrogen) atoms. The van der Waals surface area contributed by atoms with Gasteiger partial charge in [-0.05, 0) is 45.8 Å². The first kappa shape index (κ1) is 19.5. The Balaban J connectivity index is 1.44. The summed E-state index contributed by atoms with van der Waals surface area (Å²) in [6, 6.07) is 34.0. The molecule has 0 spiro atoms. The van der Waals surface area contributed by atoms with Gasteiger partial charge in [0, 0.05) is 11.1 Å². The van der Waals surface area contributed by atoms with Crippen molar-refractivity contribution in [1.82, 2.24) is 0 Å². The SMILES string of the molecule is O=C(Nc1ccccc1NC(=O)c1cccc2ccccc12)c1cccc2ccccc12. The van der Waals surface area contributed by atoms with E-state index in [1.807, 2.05) is 84.9 Å². The van der Waals surface area contributed by atoms with E-state index in [0.29, 0.717) is 22.5 Å². The van der Waals surface area contributed by atoms with Crippen LogP contribution >= 0.6 is 0 Å². The molecule has 4 nitrogen and oxygen atoms in total. The van der Waals surface area contributed by atoms with E-state index in [4.69, 9.17) is 0 Å². The van der Waals surface area contributed by atoms with Crippen LogP contribution in [0.15, 0.2) is 109 Å². The molecule has 0 aromatic heterocycles. The van der Waals surface area contributed by atoms with Gasteiger partial charge in [-0.2, -0.15) is 0 Å². The van der Waals surface area contributed by atoms with Gasteiger partial charge in [-0.1, -0.05) is 84.9 Å². The lowest BCUT2D eigenvalue weighted by Crippen LogP contribution is -2.17. The molecule has 0 heterocycles. The molecule has 0 radical (unpaired) electrons. The molecule has 5 aromatic carbocycles. The van der Waals surface area contributed by atoms with Crippen molar-refractivity contribution in [2.24, 2.45) is 0 Å². The smallest absolute Gasteiger partial charge is 0.256 e. The quantitative estimate of drug-likeness (QED) is 0.351. The Labute approximate surface area is 185 Å². The zero-order chi connectivity index (χ0) is 21.9. The highest BCUT2D eigenvalue weighted by Crippen LogP contribution is 2.26. The molecule has 0 saturated carbocycles. The van der Waals surface area contributed by atoms with Crippen LogP contribution in [-0.2, 0) is 0 Å². The number of carbonyl (C=O) groups is 2. The van der Waals surface area contributed by atoms with Crippen LogP contribution in [0.3, 0.4) is 0 Å². The maximum Gasteiger partial charge on any atom is 0.256 e. The van der Waals surface area contributed by atoms with E-state index in [-0.39, 0.29) is 11.8 Å². The van der Waals surface area contributed by atoms with Gasteiger partial charge < -0.3 is 10.6 Å². The van der Waals surface area contributed by atoms with Crippen molar-refractivity contribution in [3.8, 4) is 0 Å². The Morgan fingerprint density at radius 1 is 0.438 bits per heavy atom. The monoisotopic (exact) mass is 416 g/mol. The summed E-state index contributed by atoms with van der Waals surface area (Å²) in [5.41, 5.74) is 2.25. The predicted molar refractivity (Wildman–Crippen MR) is 130 cm³/mol. The Morgan fingerprint density at radius 2 is 0.812 bits per heavy atom. The standard InChI is InChI=1S/C28H20N2O2/c31-27(23-15-7-11-19-9-1-3-13-21(19)23)29-25-17-5-6-18-26(25)30-28(32)24-16-8-12-20-10-2-4-14-22(20)24/h1-18H,(H,29,31)(H,30,32). The van der Waals surface area contributed by atoms with Gasteiger partial charge in [0.15, 0.2) is 0 Å². The van der Waals surface area contributed by atoms with E-state index < -0.39 is 0 Å². The van der Waals surface area contributed by atoms with Gasteiger partial charge in [0.2, 0.25) is 0 Å². The van der Waals surface area contributed by atoms with Crippen LogP contribution in [0.2, 0.25) is 0 Å². The number of fused-ring (bicyclic) bond motifs is 2. The Bertz CT molecular complexity index is 1350. The van der Waals surface area contributed by atoms with Crippen molar-refractivity contribution >= 4 is 44.7 Å². The third-order valence-corrected chi connectivity index (χ3v) is 5.49. The number of carbonyl (C=O) groups excluding carboxylic acids is 2. The number of benzene rings is 5. The highest BCUT2D eigenvalue weighted by atomic mass is 16.2. The fraction of sp³-hybridized carbons (Fsp3) is 0. The van der Waals surface area contributed by atoms with E-state index >= 15 is 0 Å². The van der Waals surface area contributed by atoms with Crippen molar-refractivity contribution in [2.45, 2.75) is 0 Å².